The van der Waals surface area contributed by atoms with Gasteiger partial charge >= 0.3 is 0 Å². The average Bonchev–Trinajstić information content (AvgIpc) is 2.51. The first-order valence-electron chi connectivity index (χ1n) is 6.11. The average molecular weight is 300 g/mol. The van der Waals surface area contributed by atoms with Gasteiger partial charge in [0, 0.05) is 11.9 Å². The van der Waals surface area contributed by atoms with Crippen molar-refractivity contribution < 1.29 is 19.5 Å². The number of hydrogen-bond acceptors (Lipinski definition) is 5. The summed E-state index contributed by atoms with van der Waals surface area (Å²) in [4.78, 5) is 37.1. The largest absolute Gasteiger partial charge is 0.506 e. The molecule has 0 fully saturated rings. The molecule has 0 spiro atoms. The van der Waals surface area contributed by atoms with Crippen molar-refractivity contribution in [1.82, 2.24) is 4.98 Å². The van der Waals surface area contributed by atoms with E-state index in [4.69, 9.17) is 5.73 Å². The number of phenols is 1. The fourth-order valence-electron chi connectivity index (χ4n) is 1.66. The Morgan fingerprint density at radius 2 is 2.00 bits per heavy atom. The molecule has 1 aromatic heterocycles. The van der Waals surface area contributed by atoms with Crippen molar-refractivity contribution in [2.24, 2.45) is 5.73 Å². The van der Waals surface area contributed by atoms with E-state index in [-0.39, 0.29) is 22.7 Å². The number of rotatable bonds is 5. The molecule has 0 unspecified atom stereocenters. The van der Waals surface area contributed by atoms with Gasteiger partial charge in [-0.3, -0.25) is 19.4 Å². The smallest absolute Gasteiger partial charge is 0.267 e. The van der Waals surface area contributed by atoms with Gasteiger partial charge in [0.05, 0.1) is 11.3 Å². The van der Waals surface area contributed by atoms with Gasteiger partial charge < -0.3 is 21.5 Å². The zero-order valence-electron chi connectivity index (χ0n) is 11.2. The molecule has 8 heteroatoms. The molecule has 112 valence electrons. The second kappa shape index (κ2) is 6.35. The summed E-state index contributed by atoms with van der Waals surface area (Å²) >= 11 is 0. The Bertz CT molecular complexity index is 728. The number of nitrogens with two attached hydrogens (primary N) is 1. The molecule has 0 aliphatic rings. The maximum Gasteiger partial charge on any atom is 0.267 e. The number of phenolic OH excluding ortho intramolecular Hbond substituents is 1. The molecule has 8 nitrogen and oxygen atoms in total. The number of nitrogens with one attached hydrogen (secondary N) is 2. The van der Waals surface area contributed by atoms with Crippen LogP contribution in [-0.4, -0.2) is 28.3 Å². The van der Waals surface area contributed by atoms with E-state index in [2.05, 4.69) is 15.6 Å². The number of anilines is 2. The van der Waals surface area contributed by atoms with E-state index in [0.29, 0.717) is 12.1 Å². The molecule has 0 aliphatic carbocycles. The number of benzene rings is 1. The van der Waals surface area contributed by atoms with Gasteiger partial charge in [0.2, 0.25) is 6.41 Å². The van der Waals surface area contributed by atoms with Crippen molar-refractivity contribution in [3.8, 4) is 5.75 Å². The Kier molecular flexibility index (Phi) is 4.33. The van der Waals surface area contributed by atoms with E-state index in [1.807, 2.05) is 0 Å². The van der Waals surface area contributed by atoms with Gasteiger partial charge in [-0.15, -0.1) is 0 Å². The molecule has 0 saturated carbocycles. The molecular weight excluding hydrogens is 288 g/mol. The van der Waals surface area contributed by atoms with Gasteiger partial charge in [0.25, 0.3) is 11.8 Å². The quantitative estimate of drug-likeness (QED) is 0.366. The zero-order chi connectivity index (χ0) is 16.1. The Hall–Kier alpha value is -3.42. The molecule has 1 aromatic carbocycles. The number of carbonyl (C=O) groups excluding carboxylic acids is 3. The van der Waals surface area contributed by atoms with E-state index in [1.54, 1.807) is 0 Å². The molecule has 0 bridgehead atoms. The number of primary amides is 1. The number of amides is 3. The summed E-state index contributed by atoms with van der Waals surface area (Å²) in [6, 6.07) is 6.90. The Balaban J connectivity index is 2.19. The van der Waals surface area contributed by atoms with E-state index in [9.17, 15) is 19.5 Å². The third kappa shape index (κ3) is 3.37. The monoisotopic (exact) mass is 300 g/mol. The molecule has 22 heavy (non-hydrogen) atoms. The number of aromatic hydroxyl groups is 1. The number of pyridine rings is 1. The van der Waals surface area contributed by atoms with Crippen LogP contribution in [0.15, 0.2) is 36.5 Å². The van der Waals surface area contributed by atoms with Crippen LogP contribution < -0.4 is 16.4 Å². The van der Waals surface area contributed by atoms with Crippen LogP contribution in [0.4, 0.5) is 11.4 Å². The van der Waals surface area contributed by atoms with Crippen molar-refractivity contribution in [3.05, 3.63) is 47.8 Å². The number of carbonyl (C=O) groups is 3. The number of aromatic nitrogens is 1. The second-order valence-corrected chi connectivity index (χ2v) is 4.24. The molecule has 2 aromatic rings. The summed E-state index contributed by atoms with van der Waals surface area (Å²) in [5.74, 6) is -1.40. The molecule has 0 radical (unpaired) electrons. The molecule has 1 heterocycles. The topological polar surface area (TPSA) is 134 Å². The Morgan fingerprint density at radius 3 is 2.59 bits per heavy atom. The van der Waals surface area contributed by atoms with Crippen LogP contribution in [0.2, 0.25) is 0 Å². The van der Waals surface area contributed by atoms with Crippen LogP contribution in [0.1, 0.15) is 20.8 Å². The van der Waals surface area contributed by atoms with E-state index < -0.39 is 11.8 Å². The second-order valence-electron chi connectivity index (χ2n) is 4.24. The van der Waals surface area contributed by atoms with Gasteiger partial charge in [0.15, 0.2) is 0 Å². The highest BCUT2D eigenvalue weighted by Gasteiger charge is 2.11. The molecule has 2 rings (SSSR count). The summed E-state index contributed by atoms with van der Waals surface area (Å²) < 4.78 is 0. The maximum atomic E-state index is 12.0. The van der Waals surface area contributed by atoms with E-state index in [1.165, 1.54) is 36.5 Å². The first-order chi connectivity index (χ1) is 10.5. The van der Waals surface area contributed by atoms with Crippen molar-refractivity contribution >= 4 is 29.6 Å². The molecule has 0 aliphatic heterocycles. The molecular formula is C14H12N4O4. The van der Waals surface area contributed by atoms with Crippen molar-refractivity contribution in [3.63, 3.8) is 0 Å². The normalized spacial score (nSPS) is 9.82. The van der Waals surface area contributed by atoms with Crippen LogP contribution in [-0.2, 0) is 4.79 Å². The molecule has 0 saturated heterocycles. The molecule has 0 atom stereocenters. The highest BCUT2D eigenvalue weighted by molar-refractivity contribution is 6.05. The highest BCUT2D eigenvalue weighted by atomic mass is 16.3. The van der Waals surface area contributed by atoms with Crippen molar-refractivity contribution in [2.75, 3.05) is 10.6 Å². The van der Waals surface area contributed by atoms with Gasteiger partial charge in [-0.2, -0.15) is 0 Å². The standard InChI is InChI=1S/C14H12N4O4/c15-13(21)10-3-1-8(6-16-10)14(22)18-11-5-9(17-7-19)2-4-12(11)20/h1-7,20H,(H2,15,21)(H,17,19)(H,18,22). The minimum atomic E-state index is -0.697. The third-order valence-electron chi connectivity index (χ3n) is 2.75. The summed E-state index contributed by atoms with van der Waals surface area (Å²) in [5, 5.41) is 14.6. The third-order valence-corrected chi connectivity index (χ3v) is 2.75. The first-order valence-corrected chi connectivity index (χ1v) is 6.11. The minimum Gasteiger partial charge on any atom is -0.506 e. The Morgan fingerprint density at radius 1 is 1.23 bits per heavy atom. The van der Waals surface area contributed by atoms with Gasteiger partial charge in [0.1, 0.15) is 11.4 Å². The lowest BCUT2D eigenvalue weighted by Gasteiger charge is -2.09. The molecule has 5 N–H and O–H groups in total. The van der Waals surface area contributed by atoms with Crippen LogP contribution in [0.3, 0.4) is 0 Å². The van der Waals surface area contributed by atoms with Gasteiger partial charge in [-0.05, 0) is 30.3 Å². The van der Waals surface area contributed by atoms with Crippen molar-refractivity contribution in [1.29, 1.82) is 0 Å². The lowest BCUT2D eigenvalue weighted by molar-refractivity contribution is -0.105. The van der Waals surface area contributed by atoms with Crippen molar-refractivity contribution in [2.45, 2.75) is 0 Å². The Labute approximate surface area is 125 Å². The fraction of sp³-hybridized carbons (Fsp3) is 0. The minimum absolute atomic E-state index is 0.0385. The van der Waals surface area contributed by atoms with E-state index in [0.717, 1.165) is 0 Å². The summed E-state index contributed by atoms with van der Waals surface area (Å²) in [6.45, 7) is 0. The number of hydrogen-bond donors (Lipinski definition) is 4. The summed E-state index contributed by atoms with van der Waals surface area (Å²) in [5.41, 5.74) is 5.80. The molecule has 3 amide bonds. The van der Waals surface area contributed by atoms with Gasteiger partial charge in [-0.1, -0.05) is 0 Å². The van der Waals surface area contributed by atoms with Crippen LogP contribution in [0.5, 0.6) is 5.75 Å². The SMILES string of the molecule is NC(=O)c1ccc(C(=O)Nc2cc(NC=O)ccc2O)cn1. The lowest BCUT2D eigenvalue weighted by Crippen LogP contribution is -2.16. The lowest BCUT2D eigenvalue weighted by atomic mass is 10.2. The van der Waals surface area contributed by atoms with Crippen LogP contribution in [0.25, 0.3) is 0 Å². The predicted octanol–water partition coefficient (Wildman–Crippen LogP) is 0.707. The summed E-state index contributed by atoms with van der Waals surface area (Å²) in [7, 11) is 0. The maximum absolute atomic E-state index is 12.0. The van der Waals surface area contributed by atoms with Gasteiger partial charge in [-0.25, -0.2) is 0 Å². The number of nitrogens with zero attached hydrogens (tertiary/aromatic N) is 1. The van der Waals surface area contributed by atoms with Crippen LogP contribution in [0, 0.1) is 0 Å². The zero-order valence-corrected chi connectivity index (χ0v) is 11.2. The summed E-state index contributed by atoms with van der Waals surface area (Å²) in [6.07, 6.45) is 1.67. The van der Waals surface area contributed by atoms with E-state index >= 15 is 0 Å². The first kappa shape index (κ1) is 15.0. The predicted molar refractivity (Wildman–Crippen MR) is 78.5 cm³/mol. The highest BCUT2D eigenvalue weighted by Crippen LogP contribution is 2.26. The fourth-order valence-corrected chi connectivity index (χ4v) is 1.66. The van der Waals surface area contributed by atoms with Crippen LogP contribution >= 0.6 is 0 Å².